The first-order valence-corrected chi connectivity index (χ1v) is 21.8. The van der Waals surface area contributed by atoms with Crippen molar-refractivity contribution in [2.24, 2.45) is 0 Å². The molecule has 9 heteroatoms. The highest BCUT2D eigenvalue weighted by Gasteiger charge is 2.20. The van der Waals surface area contributed by atoms with E-state index >= 15 is 0 Å². The number of hydrogen-bond donors (Lipinski definition) is 2. The molecule has 2 rings (SSSR count). The molecular weight excluding hydrogens is 651 g/mol. The first-order chi connectivity index (χ1) is 25.4. The predicted molar refractivity (Wildman–Crippen MR) is 217 cm³/mol. The molecule has 3 N–H and O–H groups in total. The number of ketones is 2. The van der Waals surface area contributed by atoms with Gasteiger partial charge in [-0.1, -0.05) is 181 Å². The number of nitrogens with two attached hydrogens (primary N) is 1. The normalized spacial score (nSPS) is 11.7. The highest BCUT2D eigenvalue weighted by Crippen LogP contribution is 2.18. The number of nitrogens with zero attached hydrogens (tertiary/aromatic N) is 3. The lowest BCUT2D eigenvalue weighted by molar-refractivity contribution is -0.127. The molecule has 0 bridgehead atoms. The number of carbonyl (C=O) groups excluding carboxylic acids is 2. The van der Waals surface area contributed by atoms with Crippen molar-refractivity contribution in [2.75, 3.05) is 5.73 Å². The van der Waals surface area contributed by atoms with Gasteiger partial charge in [0.15, 0.2) is 11.2 Å². The fraction of sp³-hybridized carbons (Fsp3) is 0.837. The lowest BCUT2D eigenvalue weighted by atomic mass is 9.99. The quantitative estimate of drug-likeness (QED) is 0.0662. The van der Waals surface area contributed by atoms with Crippen molar-refractivity contribution >= 4 is 28.7 Å². The molecule has 2 aromatic heterocycles. The van der Waals surface area contributed by atoms with Crippen LogP contribution in [-0.4, -0.2) is 37.2 Å². The first-order valence-electron chi connectivity index (χ1n) is 21.8. The molecule has 0 aliphatic carbocycles. The van der Waals surface area contributed by atoms with Gasteiger partial charge >= 0.3 is 0 Å². The maximum atomic E-state index is 13.0. The van der Waals surface area contributed by atoms with Gasteiger partial charge in [0, 0.05) is 25.7 Å². The van der Waals surface area contributed by atoms with Crippen molar-refractivity contribution in [1.29, 1.82) is 0 Å². The zero-order chi connectivity index (χ0) is 37.5. The minimum absolute atomic E-state index is 0.00230. The monoisotopic (exact) mass is 728 g/mol. The topological polar surface area (TPSA) is 133 Å². The van der Waals surface area contributed by atoms with Gasteiger partial charge in [0.05, 0.1) is 12.4 Å². The fourth-order valence-corrected chi connectivity index (χ4v) is 7.19. The predicted octanol–water partition coefficient (Wildman–Crippen LogP) is 11.7. The lowest BCUT2D eigenvalue weighted by Gasteiger charge is -2.17. The number of carbonyl (C=O) groups is 2. The summed E-state index contributed by atoms with van der Waals surface area (Å²) in [7, 11) is 0. The molecule has 52 heavy (non-hydrogen) atoms. The van der Waals surface area contributed by atoms with E-state index in [0.29, 0.717) is 18.5 Å². The second-order valence-corrected chi connectivity index (χ2v) is 15.4. The van der Waals surface area contributed by atoms with Crippen molar-refractivity contribution in [2.45, 2.75) is 232 Å². The van der Waals surface area contributed by atoms with E-state index in [2.05, 4.69) is 28.8 Å². The number of anilines is 1. The van der Waals surface area contributed by atoms with E-state index < -0.39 is 11.7 Å². The third kappa shape index (κ3) is 22.5. The third-order valence-electron chi connectivity index (χ3n) is 10.5. The summed E-state index contributed by atoms with van der Waals surface area (Å²) in [5.74, 6) is 0.285. The number of rotatable bonds is 37. The van der Waals surface area contributed by atoms with E-state index in [0.717, 1.165) is 25.7 Å². The average molecular weight is 728 g/mol. The summed E-state index contributed by atoms with van der Waals surface area (Å²) in [4.78, 5) is 49.1. The Morgan fingerprint density at radius 3 is 1.38 bits per heavy atom. The molecule has 2 heterocycles. The second kappa shape index (κ2) is 30.9. The molecule has 0 saturated heterocycles. The van der Waals surface area contributed by atoms with Crippen LogP contribution in [0.15, 0.2) is 11.1 Å². The minimum atomic E-state index is -0.518. The molecule has 0 radical (unpaired) electrons. The van der Waals surface area contributed by atoms with E-state index in [9.17, 15) is 14.4 Å². The van der Waals surface area contributed by atoms with Gasteiger partial charge in [-0.2, -0.15) is 4.98 Å². The first kappa shape index (κ1) is 45.6. The zero-order valence-corrected chi connectivity index (χ0v) is 33.5. The molecule has 0 fully saturated rings. The summed E-state index contributed by atoms with van der Waals surface area (Å²) in [5, 5.41) is 0. The summed E-state index contributed by atoms with van der Waals surface area (Å²) in [6.45, 7) is 4.57. The maximum Gasteiger partial charge on any atom is 0.280 e. The number of fused-ring (bicyclic) bond motifs is 1. The molecule has 0 aliphatic rings. The van der Waals surface area contributed by atoms with Crippen LogP contribution in [0.3, 0.4) is 0 Å². The fourth-order valence-electron chi connectivity index (χ4n) is 7.19. The summed E-state index contributed by atoms with van der Waals surface area (Å²) >= 11 is 0. The Bertz CT molecular complexity index is 1200. The summed E-state index contributed by atoms with van der Waals surface area (Å²) in [6.07, 6.45) is 38.3. The number of nitrogens with one attached hydrogen (secondary N) is 1. The summed E-state index contributed by atoms with van der Waals surface area (Å²) in [6, 6.07) is 0. The van der Waals surface area contributed by atoms with E-state index in [4.69, 9.17) is 10.5 Å². The summed E-state index contributed by atoms with van der Waals surface area (Å²) in [5.41, 5.74) is 5.84. The van der Waals surface area contributed by atoms with Crippen LogP contribution in [0.1, 0.15) is 219 Å². The molecule has 0 unspecified atom stereocenters. The van der Waals surface area contributed by atoms with Crippen LogP contribution in [0, 0.1) is 0 Å². The van der Waals surface area contributed by atoms with Gasteiger partial charge in [0.1, 0.15) is 18.3 Å². The molecule has 0 spiro atoms. The van der Waals surface area contributed by atoms with Gasteiger partial charge in [-0.3, -0.25) is 23.9 Å². The van der Waals surface area contributed by atoms with Crippen molar-refractivity contribution in [1.82, 2.24) is 19.5 Å². The van der Waals surface area contributed by atoms with E-state index in [1.807, 2.05) is 0 Å². The van der Waals surface area contributed by atoms with Crippen LogP contribution < -0.4 is 11.3 Å². The van der Waals surface area contributed by atoms with Crippen LogP contribution in [0.2, 0.25) is 0 Å². The van der Waals surface area contributed by atoms with Gasteiger partial charge in [0.2, 0.25) is 5.95 Å². The van der Waals surface area contributed by atoms with Crippen LogP contribution in [-0.2, 0) is 21.1 Å². The van der Waals surface area contributed by atoms with Gasteiger partial charge in [-0.15, -0.1) is 0 Å². The number of hydrogen-bond acceptors (Lipinski definition) is 7. The largest absolute Gasteiger partial charge is 0.369 e. The van der Waals surface area contributed by atoms with E-state index in [-0.39, 0.29) is 42.6 Å². The number of ether oxygens (including phenoxy) is 1. The molecule has 9 nitrogen and oxygen atoms in total. The molecule has 0 aliphatic heterocycles. The van der Waals surface area contributed by atoms with Crippen LogP contribution in [0.25, 0.3) is 11.2 Å². The molecule has 0 atom stereocenters. The number of unbranched alkanes of at least 4 members (excludes halogenated alkanes) is 26. The van der Waals surface area contributed by atoms with Crippen molar-refractivity contribution in [3.05, 3.63) is 16.7 Å². The number of aromatic nitrogens is 4. The van der Waals surface area contributed by atoms with Gasteiger partial charge in [-0.25, -0.2) is 4.98 Å². The van der Waals surface area contributed by atoms with Crippen LogP contribution in [0.4, 0.5) is 5.95 Å². The van der Waals surface area contributed by atoms with Gasteiger partial charge in [-0.05, 0) is 12.8 Å². The van der Waals surface area contributed by atoms with Crippen molar-refractivity contribution in [3.63, 3.8) is 0 Å². The third-order valence-corrected chi connectivity index (χ3v) is 10.5. The van der Waals surface area contributed by atoms with Gasteiger partial charge in [0.25, 0.3) is 5.56 Å². The number of Topliss-reactive ketones (excluding diaryl/α,β-unsaturated/α-hetero) is 2. The number of aromatic amines is 1. The Hall–Kier alpha value is -2.55. The Labute approximate surface area is 316 Å². The molecule has 0 amide bonds. The molecule has 298 valence electrons. The number of nitrogen functional groups attached to an aromatic ring is 1. The van der Waals surface area contributed by atoms with E-state index in [1.165, 1.54) is 160 Å². The minimum Gasteiger partial charge on any atom is -0.369 e. The molecule has 0 saturated carbocycles. The highest BCUT2D eigenvalue weighted by atomic mass is 16.5. The Balaban J connectivity index is 1.66. The molecule has 2 aromatic rings. The number of H-pyrrole nitrogens is 1. The van der Waals surface area contributed by atoms with Crippen LogP contribution >= 0.6 is 0 Å². The van der Waals surface area contributed by atoms with Gasteiger partial charge < -0.3 is 10.5 Å². The van der Waals surface area contributed by atoms with Crippen LogP contribution in [0.5, 0.6) is 0 Å². The lowest BCUT2D eigenvalue weighted by Crippen LogP contribution is -2.23. The maximum absolute atomic E-state index is 13.0. The Morgan fingerprint density at radius 1 is 0.635 bits per heavy atom. The zero-order valence-electron chi connectivity index (χ0n) is 33.5. The van der Waals surface area contributed by atoms with Crippen molar-refractivity contribution in [3.8, 4) is 0 Å². The number of imidazole rings is 1. The standard InChI is InChI=1S/C43H77N5O4/c1-3-5-7-9-11-13-15-17-19-21-23-25-27-29-31-37(49)33-39(52-36-48-35-45-40-41(48)46-43(44)47-42(40)51)34-38(50)32-30-28-26-24-22-20-18-16-14-12-10-8-6-4-2/h35,39H,3-34,36H2,1-2H3,(H3,44,46,47,51). The SMILES string of the molecule is CCCCCCCCCCCCCCCCC(=O)CC(CC(=O)CCCCCCCCCCCCCCCC)OCn1cnc2c(=O)[nH]c(N)nc21. The molecular formula is C43H77N5O4. The Kier molecular flexibility index (Phi) is 27.1. The Morgan fingerprint density at radius 2 is 1.00 bits per heavy atom. The highest BCUT2D eigenvalue weighted by molar-refractivity contribution is 5.82. The van der Waals surface area contributed by atoms with E-state index in [1.54, 1.807) is 4.57 Å². The smallest absolute Gasteiger partial charge is 0.280 e. The second-order valence-electron chi connectivity index (χ2n) is 15.4. The molecule has 0 aromatic carbocycles. The summed E-state index contributed by atoms with van der Waals surface area (Å²) < 4.78 is 7.75. The average Bonchev–Trinajstić information content (AvgIpc) is 3.53. The van der Waals surface area contributed by atoms with Crippen molar-refractivity contribution < 1.29 is 14.3 Å².